The van der Waals surface area contributed by atoms with Gasteiger partial charge in [0.1, 0.15) is 41.5 Å². The number of nitrogens with two attached hydrogens (primary N) is 1. The van der Waals surface area contributed by atoms with E-state index in [1.165, 1.54) is 10.9 Å². The number of aliphatic hydroxyl groups is 3. The van der Waals surface area contributed by atoms with Gasteiger partial charge in [-0.05, 0) is 0 Å². The maximum atomic E-state index is 12.2. The van der Waals surface area contributed by atoms with Crippen LogP contribution < -0.4 is 11.3 Å². The zero-order valence-corrected chi connectivity index (χ0v) is 12.1. The molecule has 126 valence electrons. The zero-order valence-electron chi connectivity index (χ0n) is 12.1. The van der Waals surface area contributed by atoms with E-state index >= 15 is 0 Å². The minimum Gasteiger partial charge on any atom is -0.394 e. The van der Waals surface area contributed by atoms with Crippen molar-refractivity contribution >= 4 is 27.9 Å². The molecule has 0 spiro atoms. The summed E-state index contributed by atoms with van der Waals surface area (Å²) in [5.41, 5.74) is 5.56. The molecule has 0 bridgehead atoms. The molecule has 12 nitrogen and oxygen atoms in total. The average Bonchev–Trinajstić information content (AvgIpc) is 3.05. The van der Waals surface area contributed by atoms with E-state index in [0.717, 1.165) is 0 Å². The van der Waals surface area contributed by atoms with Crippen LogP contribution in [-0.4, -0.2) is 70.2 Å². The Bertz CT molecular complexity index is 985. The molecule has 0 amide bonds. The molecule has 4 atom stereocenters. The molecular formula is C12H13N7O5. The van der Waals surface area contributed by atoms with Crippen LogP contribution in [0.5, 0.6) is 0 Å². The van der Waals surface area contributed by atoms with Crippen LogP contribution in [0.4, 0.5) is 5.82 Å². The normalized spacial score (nSPS) is 27.3. The van der Waals surface area contributed by atoms with E-state index in [4.69, 9.17) is 10.5 Å². The summed E-state index contributed by atoms with van der Waals surface area (Å²) in [4.78, 5) is 20.1. The minimum absolute atomic E-state index is 0.0500. The van der Waals surface area contributed by atoms with Crippen LogP contribution in [0.25, 0.3) is 22.1 Å². The standard InChI is InChI=1S/C12H13N7O5/c13-8-4-5-10(16-18-17-11(5)23)19(9(4)15-2-14-8)12-7(22)6(21)3(1-20)24-12/h2-3,6-7,12,20-22H,1H2,(H2,13,14,15)(H,16,17,23). The third kappa shape index (κ3) is 1.85. The molecule has 0 aliphatic carbocycles. The second-order valence-corrected chi connectivity index (χ2v) is 5.40. The highest BCUT2D eigenvalue weighted by atomic mass is 16.6. The van der Waals surface area contributed by atoms with Crippen LogP contribution in [0.1, 0.15) is 6.23 Å². The van der Waals surface area contributed by atoms with E-state index < -0.39 is 36.7 Å². The highest BCUT2D eigenvalue weighted by Gasteiger charge is 2.45. The van der Waals surface area contributed by atoms with E-state index in [2.05, 4.69) is 25.4 Å². The fraction of sp³-hybridized carbons (Fsp3) is 0.417. The Labute approximate surface area is 132 Å². The molecule has 0 aromatic carbocycles. The number of aromatic amines is 1. The van der Waals surface area contributed by atoms with Crippen molar-refractivity contribution < 1.29 is 20.1 Å². The fourth-order valence-electron chi connectivity index (χ4n) is 2.97. The predicted octanol–water partition coefficient (Wildman–Crippen LogP) is -2.74. The zero-order chi connectivity index (χ0) is 17.0. The summed E-state index contributed by atoms with van der Waals surface area (Å²) in [5, 5.41) is 39.4. The first-order valence-electron chi connectivity index (χ1n) is 7.02. The summed E-state index contributed by atoms with van der Waals surface area (Å²) in [6, 6.07) is 0. The van der Waals surface area contributed by atoms with Gasteiger partial charge in [0, 0.05) is 0 Å². The maximum absolute atomic E-state index is 12.2. The molecule has 3 aromatic rings. The highest BCUT2D eigenvalue weighted by Crippen LogP contribution is 2.36. The Morgan fingerprint density at radius 3 is 2.75 bits per heavy atom. The second kappa shape index (κ2) is 5.17. The predicted molar refractivity (Wildman–Crippen MR) is 78.7 cm³/mol. The lowest BCUT2D eigenvalue weighted by molar-refractivity contribution is -0.0492. The molecule has 1 aliphatic heterocycles. The van der Waals surface area contributed by atoms with Crippen molar-refractivity contribution in [2.24, 2.45) is 0 Å². The summed E-state index contributed by atoms with van der Waals surface area (Å²) in [6.45, 7) is -0.491. The van der Waals surface area contributed by atoms with Crippen LogP contribution in [-0.2, 0) is 4.74 Å². The van der Waals surface area contributed by atoms with Gasteiger partial charge in [-0.15, -0.1) is 5.10 Å². The minimum atomic E-state index is -1.38. The van der Waals surface area contributed by atoms with Crippen LogP contribution in [0.2, 0.25) is 0 Å². The number of aliphatic hydroxyl groups excluding tert-OH is 3. The number of nitrogens with zero attached hydrogens (tertiary/aromatic N) is 5. The van der Waals surface area contributed by atoms with Gasteiger partial charge in [-0.25, -0.2) is 15.1 Å². The van der Waals surface area contributed by atoms with Crippen molar-refractivity contribution in [1.29, 1.82) is 0 Å². The number of anilines is 1. The van der Waals surface area contributed by atoms with E-state index in [-0.39, 0.29) is 27.9 Å². The highest BCUT2D eigenvalue weighted by molar-refractivity contribution is 6.09. The van der Waals surface area contributed by atoms with Crippen LogP contribution in [0.15, 0.2) is 11.1 Å². The summed E-state index contributed by atoms with van der Waals surface area (Å²) in [7, 11) is 0. The molecule has 1 saturated heterocycles. The number of ether oxygens (including phenoxy) is 1. The maximum Gasteiger partial charge on any atom is 0.277 e. The SMILES string of the molecule is Nc1ncnc2c1c1c(=O)[nH]nnc1n2C1OC(CO)C(O)C1O. The van der Waals surface area contributed by atoms with E-state index in [0.29, 0.717) is 0 Å². The molecular weight excluding hydrogens is 322 g/mol. The van der Waals surface area contributed by atoms with Crippen molar-refractivity contribution in [3.05, 3.63) is 16.7 Å². The van der Waals surface area contributed by atoms with Crippen molar-refractivity contribution in [2.45, 2.75) is 24.5 Å². The first kappa shape index (κ1) is 14.9. The number of H-pyrrole nitrogens is 1. The van der Waals surface area contributed by atoms with Gasteiger partial charge in [0.15, 0.2) is 11.9 Å². The van der Waals surface area contributed by atoms with Crippen LogP contribution >= 0.6 is 0 Å². The van der Waals surface area contributed by atoms with Gasteiger partial charge < -0.3 is 25.8 Å². The van der Waals surface area contributed by atoms with Gasteiger partial charge in [0.05, 0.1) is 12.0 Å². The van der Waals surface area contributed by atoms with Crippen LogP contribution in [0, 0.1) is 0 Å². The number of nitrogens with one attached hydrogen (secondary N) is 1. The lowest BCUT2D eigenvalue weighted by Crippen LogP contribution is -2.33. The molecule has 4 heterocycles. The molecule has 6 N–H and O–H groups in total. The van der Waals surface area contributed by atoms with E-state index in [1.807, 2.05) is 0 Å². The first-order valence-corrected chi connectivity index (χ1v) is 7.02. The van der Waals surface area contributed by atoms with Gasteiger partial charge in [0.2, 0.25) is 0 Å². The number of hydrogen-bond donors (Lipinski definition) is 5. The lowest BCUT2D eigenvalue weighted by Gasteiger charge is -2.17. The van der Waals surface area contributed by atoms with Crippen molar-refractivity contribution in [1.82, 2.24) is 29.9 Å². The molecule has 1 aliphatic rings. The third-order valence-electron chi connectivity index (χ3n) is 4.08. The Hall–Kier alpha value is -2.67. The summed E-state index contributed by atoms with van der Waals surface area (Å²) in [5.74, 6) is 0.0500. The van der Waals surface area contributed by atoms with E-state index in [9.17, 15) is 20.1 Å². The number of fused-ring (bicyclic) bond motifs is 3. The summed E-state index contributed by atoms with van der Waals surface area (Å²) < 4.78 is 6.82. The second-order valence-electron chi connectivity index (χ2n) is 5.40. The number of nitrogen functional groups attached to an aromatic ring is 1. The summed E-state index contributed by atoms with van der Waals surface area (Å²) >= 11 is 0. The molecule has 24 heavy (non-hydrogen) atoms. The Balaban J connectivity index is 2.07. The van der Waals surface area contributed by atoms with Crippen LogP contribution in [0.3, 0.4) is 0 Å². The molecule has 12 heteroatoms. The lowest BCUT2D eigenvalue weighted by atomic mass is 10.1. The largest absolute Gasteiger partial charge is 0.394 e. The van der Waals surface area contributed by atoms with Crippen molar-refractivity contribution in [3.63, 3.8) is 0 Å². The molecule has 4 unspecified atom stereocenters. The number of rotatable bonds is 2. The van der Waals surface area contributed by atoms with Crippen molar-refractivity contribution in [3.8, 4) is 0 Å². The summed E-state index contributed by atoms with van der Waals surface area (Å²) in [6.07, 6.45) is -3.63. The van der Waals surface area contributed by atoms with Gasteiger partial charge in [-0.3, -0.25) is 9.36 Å². The van der Waals surface area contributed by atoms with Gasteiger partial charge in [-0.1, -0.05) is 5.21 Å². The van der Waals surface area contributed by atoms with Gasteiger partial charge >= 0.3 is 0 Å². The quantitative estimate of drug-likeness (QED) is 0.329. The van der Waals surface area contributed by atoms with Crippen molar-refractivity contribution in [2.75, 3.05) is 12.3 Å². The van der Waals surface area contributed by atoms with E-state index in [1.54, 1.807) is 0 Å². The topological polar surface area (TPSA) is 185 Å². The number of hydrogen-bond acceptors (Lipinski definition) is 10. The molecule has 3 aromatic heterocycles. The Morgan fingerprint density at radius 2 is 2.04 bits per heavy atom. The molecule has 0 radical (unpaired) electrons. The molecule has 0 saturated carbocycles. The van der Waals surface area contributed by atoms with Gasteiger partial charge in [-0.2, -0.15) is 0 Å². The fourth-order valence-corrected chi connectivity index (χ4v) is 2.97. The Kier molecular flexibility index (Phi) is 3.21. The molecule has 1 fully saturated rings. The average molecular weight is 335 g/mol. The Morgan fingerprint density at radius 1 is 1.25 bits per heavy atom. The molecule has 4 rings (SSSR count). The third-order valence-corrected chi connectivity index (χ3v) is 4.08. The monoisotopic (exact) mass is 335 g/mol. The van der Waals surface area contributed by atoms with Gasteiger partial charge in [0.25, 0.3) is 5.56 Å². The number of aromatic nitrogens is 6. The smallest absolute Gasteiger partial charge is 0.277 e. The first-order chi connectivity index (χ1) is 11.5.